The molecule has 1 amide bonds. The Balaban J connectivity index is 1.60. The number of halogens is 2. The molecule has 26 heavy (non-hydrogen) atoms. The van der Waals surface area contributed by atoms with Gasteiger partial charge in [-0.15, -0.1) is 0 Å². The number of piperidine rings is 1. The molecule has 0 unspecified atom stereocenters. The minimum absolute atomic E-state index is 0.104. The zero-order valence-electron chi connectivity index (χ0n) is 14.2. The van der Waals surface area contributed by atoms with Crippen LogP contribution in [0.25, 0.3) is 0 Å². The van der Waals surface area contributed by atoms with E-state index in [2.05, 4.69) is 36.0 Å². The molecule has 0 aliphatic carbocycles. The second kappa shape index (κ2) is 7.75. The van der Waals surface area contributed by atoms with Gasteiger partial charge < -0.3 is 19.9 Å². The molecule has 1 aliphatic rings. The molecule has 7 nitrogen and oxygen atoms in total. The number of carbonyl (C=O) groups is 2. The summed E-state index contributed by atoms with van der Waals surface area (Å²) >= 11 is 4.51. The summed E-state index contributed by atoms with van der Waals surface area (Å²) < 4.78 is 20.0. The highest BCUT2D eigenvalue weighted by molar-refractivity contribution is 9.10. The van der Waals surface area contributed by atoms with E-state index in [9.17, 15) is 14.0 Å². The number of aromatic nitrogens is 2. The van der Waals surface area contributed by atoms with Crippen LogP contribution in [0.15, 0.2) is 16.7 Å². The van der Waals surface area contributed by atoms with Gasteiger partial charge in [-0.25, -0.2) is 14.2 Å². The van der Waals surface area contributed by atoms with E-state index in [-0.39, 0.29) is 12.5 Å². The Morgan fingerprint density at radius 3 is 2.92 bits per heavy atom. The Labute approximate surface area is 162 Å². The van der Waals surface area contributed by atoms with Crippen molar-refractivity contribution in [3.63, 3.8) is 0 Å². The normalized spacial score (nSPS) is 20.1. The molecule has 0 spiro atoms. The fraction of sp³-hybridized carbons (Fsp3) is 0.438. The summed E-state index contributed by atoms with van der Waals surface area (Å²) in [5.41, 5.74) is 1.23. The van der Waals surface area contributed by atoms with Crippen LogP contribution < -0.4 is 10.2 Å². The summed E-state index contributed by atoms with van der Waals surface area (Å²) in [6, 6.07) is 1.11. The van der Waals surface area contributed by atoms with E-state index in [4.69, 9.17) is 0 Å². The molecule has 10 heteroatoms. The minimum atomic E-state index is -1.24. The van der Waals surface area contributed by atoms with Gasteiger partial charge in [-0.05, 0) is 35.3 Å². The third-order valence-corrected chi connectivity index (χ3v) is 6.07. The first-order chi connectivity index (χ1) is 12.4. The van der Waals surface area contributed by atoms with Gasteiger partial charge in [0.05, 0.1) is 25.9 Å². The number of H-pyrrole nitrogens is 1. The molecule has 1 aliphatic heterocycles. The van der Waals surface area contributed by atoms with Crippen LogP contribution in [-0.4, -0.2) is 54.3 Å². The maximum absolute atomic E-state index is 14.6. The van der Waals surface area contributed by atoms with Crippen LogP contribution >= 0.6 is 27.3 Å². The third-order valence-electron chi connectivity index (χ3n) is 4.20. The number of hydrogen-bond donors (Lipinski definition) is 2. The monoisotopic (exact) mass is 444 g/mol. The van der Waals surface area contributed by atoms with Crippen molar-refractivity contribution in [2.24, 2.45) is 0 Å². The molecule has 0 saturated carbocycles. The van der Waals surface area contributed by atoms with Gasteiger partial charge in [-0.1, -0.05) is 11.3 Å². The standard InChI is InChI=1S/C16H18BrFN4O3S/c1-8-9(17)5-12(20-8)14(23)21-11-3-4-22(7-10(11)18)16-19-6-13(26-16)15(24)25-2/h5-6,10-11,20H,3-4,7H2,1-2H3,(H,21,23)/t10-,11+/m0/s1. The van der Waals surface area contributed by atoms with Crippen LogP contribution in [0.5, 0.6) is 0 Å². The molecule has 0 aromatic carbocycles. The molecule has 2 N–H and O–H groups in total. The lowest BCUT2D eigenvalue weighted by Crippen LogP contribution is -2.52. The van der Waals surface area contributed by atoms with Crippen LogP contribution in [0.1, 0.15) is 32.3 Å². The van der Waals surface area contributed by atoms with E-state index in [1.165, 1.54) is 24.6 Å². The lowest BCUT2D eigenvalue weighted by atomic mass is 10.0. The second-order valence-electron chi connectivity index (χ2n) is 5.99. The second-order valence-corrected chi connectivity index (χ2v) is 7.85. The maximum atomic E-state index is 14.6. The molecule has 1 saturated heterocycles. The molecule has 2 atom stereocenters. The molecule has 140 valence electrons. The summed E-state index contributed by atoms with van der Waals surface area (Å²) in [6.07, 6.45) is 0.636. The van der Waals surface area contributed by atoms with Gasteiger partial charge >= 0.3 is 5.97 Å². The molecule has 3 rings (SSSR count). The van der Waals surface area contributed by atoms with Gasteiger partial charge in [-0.3, -0.25) is 4.79 Å². The maximum Gasteiger partial charge on any atom is 0.349 e. The van der Waals surface area contributed by atoms with E-state index in [1.54, 1.807) is 11.0 Å². The number of thiazole rings is 1. The first-order valence-electron chi connectivity index (χ1n) is 7.98. The van der Waals surface area contributed by atoms with E-state index < -0.39 is 18.2 Å². The van der Waals surface area contributed by atoms with Gasteiger partial charge in [0.15, 0.2) is 5.13 Å². The van der Waals surface area contributed by atoms with E-state index in [1.807, 2.05) is 6.92 Å². The fourth-order valence-electron chi connectivity index (χ4n) is 2.75. The number of aryl methyl sites for hydroxylation is 1. The molecule has 2 aromatic rings. The van der Waals surface area contributed by atoms with Gasteiger partial charge in [0.2, 0.25) is 0 Å². The number of nitrogens with one attached hydrogen (secondary N) is 2. The number of methoxy groups -OCH3 is 1. The Kier molecular flexibility index (Phi) is 5.61. The van der Waals surface area contributed by atoms with Gasteiger partial charge in [0.1, 0.15) is 16.7 Å². The highest BCUT2D eigenvalue weighted by Crippen LogP contribution is 2.27. The number of ether oxygens (including phenoxy) is 1. The number of anilines is 1. The zero-order chi connectivity index (χ0) is 18.8. The quantitative estimate of drug-likeness (QED) is 0.707. The van der Waals surface area contributed by atoms with E-state index in [0.29, 0.717) is 28.7 Å². The van der Waals surface area contributed by atoms with Crippen LogP contribution in [0.2, 0.25) is 0 Å². The lowest BCUT2D eigenvalue weighted by molar-refractivity contribution is 0.0606. The Bertz CT molecular complexity index is 805. The average Bonchev–Trinajstić information content (AvgIpc) is 3.23. The number of hydrogen-bond acceptors (Lipinski definition) is 6. The first-order valence-corrected chi connectivity index (χ1v) is 9.59. The van der Waals surface area contributed by atoms with Crippen molar-refractivity contribution >= 4 is 44.3 Å². The Hall–Kier alpha value is -1.94. The van der Waals surface area contributed by atoms with Gasteiger partial charge in [0.25, 0.3) is 5.91 Å². The van der Waals surface area contributed by atoms with E-state index >= 15 is 0 Å². The van der Waals surface area contributed by atoms with E-state index in [0.717, 1.165) is 10.2 Å². The molecule has 0 bridgehead atoms. The van der Waals surface area contributed by atoms with Crippen molar-refractivity contribution in [3.05, 3.63) is 33.0 Å². The number of nitrogens with zero attached hydrogens (tertiary/aromatic N) is 2. The number of esters is 1. The van der Waals surface area contributed by atoms with Crippen LogP contribution in [0.3, 0.4) is 0 Å². The summed E-state index contributed by atoms with van der Waals surface area (Å²) in [7, 11) is 1.30. The SMILES string of the molecule is COC(=O)c1cnc(N2CC[C@@H](NC(=O)c3cc(Br)c(C)[nH]3)[C@@H](F)C2)s1. The molecule has 0 radical (unpaired) electrons. The number of carbonyl (C=O) groups excluding carboxylic acids is 2. The van der Waals surface area contributed by atoms with Crippen molar-refractivity contribution in [1.82, 2.24) is 15.3 Å². The van der Waals surface area contributed by atoms with Crippen LogP contribution in [-0.2, 0) is 4.74 Å². The Morgan fingerprint density at radius 2 is 2.31 bits per heavy atom. The molecular weight excluding hydrogens is 427 g/mol. The van der Waals surface area contributed by atoms with Crippen molar-refractivity contribution in [1.29, 1.82) is 0 Å². The summed E-state index contributed by atoms with van der Waals surface area (Å²) in [6.45, 7) is 2.48. The zero-order valence-corrected chi connectivity index (χ0v) is 16.6. The summed E-state index contributed by atoms with van der Waals surface area (Å²) in [5, 5.41) is 3.32. The highest BCUT2D eigenvalue weighted by atomic mass is 79.9. The Morgan fingerprint density at radius 1 is 1.54 bits per heavy atom. The van der Waals surface area contributed by atoms with Crippen molar-refractivity contribution in [2.45, 2.75) is 25.6 Å². The number of amides is 1. The van der Waals surface area contributed by atoms with Crippen molar-refractivity contribution in [3.8, 4) is 0 Å². The average molecular weight is 445 g/mol. The number of alkyl halides is 1. The third kappa shape index (κ3) is 3.90. The largest absolute Gasteiger partial charge is 0.465 e. The predicted molar refractivity (Wildman–Crippen MR) is 99.7 cm³/mol. The number of rotatable bonds is 4. The molecule has 1 fully saturated rings. The molecule has 3 heterocycles. The van der Waals surface area contributed by atoms with Gasteiger partial charge in [-0.2, -0.15) is 0 Å². The smallest absolute Gasteiger partial charge is 0.349 e. The molecule has 2 aromatic heterocycles. The topological polar surface area (TPSA) is 87.3 Å². The fourth-order valence-corrected chi connectivity index (χ4v) is 3.95. The van der Waals surface area contributed by atoms with Crippen LogP contribution in [0.4, 0.5) is 9.52 Å². The summed E-state index contributed by atoms with van der Waals surface area (Å²) in [4.78, 5) is 33.1. The number of aromatic amines is 1. The van der Waals surface area contributed by atoms with Crippen LogP contribution in [0, 0.1) is 6.92 Å². The van der Waals surface area contributed by atoms with Crippen molar-refractivity contribution in [2.75, 3.05) is 25.1 Å². The predicted octanol–water partition coefficient (Wildman–Crippen LogP) is 2.68. The highest BCUT2D eigenvalue weighted by Gasteiger charge is 2.32. The minimum Gasteiger partial charge on any atom is -0.465 e. The van der Waals surface area contributed by atoms with Crippen molar-refractivity contribution < 1.29 is 18.7 Å². The molecular formula is C16H18BrFN4O3S. The first kappa shape index (κ1) is 18.8. The van der Waals surface area contributed by atoms with Gasteiger partial charge in [0, 0.05) is 16.7 Å². The lowest BCUT2D eigenvalue weighted by Gasteiger charge is -2.34. The summed E-state index contributed by atoms with van der Waals surface area (Å²) in [5.74, 6) is -0.790.